The van der Waals surface area contributed by atoms with Gasteiger partial charge in [-0.15, -0.1) is 12.4 Å². The molecule has 1 aliphatic rings. The van der Waals surface area contributed by atoms with Gasteiger partial charge >= 0.3 is 0 Å². The average molecular weight is 421 g/mol. The minimum atomic E-state index is -0.959. The summed E-state index contributed by atoms with van der Waals surface area (Å²) in [6.07, 6.45) is 0.499. The van der Waals surface area contributed by atoms with Gasteiger partial charge in [-0.05, 0) is 43.3 Å². The lowest BCUT2D eigenvalue weighted by atomic mass is 9.54. The number of nitrogens with two attached hydrogens (primary N) is 1. The topological polar surface area (TPSA) is 82.8 Å². The molecule has 158 valence electrons. The van der Waals surface area contributed by atoms with Crippen LogP contribution in [0.1, 0.15) is 27.2 Å². The molecule has 2 aromatic rings. The van der Waals surface area contributed by atoms with Crippen molar-refractivity contribution in [3.05, 3.63) is 48.5 Å². The van der Waals surface area contributed by atoms with Gasteiger partial charge in [-0.2, -0.15) is 0 Å². The van der Waals surface area contributed by atoms with Crippen molar-refractivity contribution in [2.75, 3.05) is 19.0 Å². The second-order valence-electron chi connectivity index (χ2n) is 7.57. The molecule has 1 fully saturated rings. The number of methoxy groups -OCH3 is 1. The lowest BCUT2D eigenvalue weighted by Crippen LogP contribution is -2.74. The Morgan fingerprint density at radius 2 is 1.76 bits per heavy atom. The van der Waals surface area contributed by atoms with Crippen molar-refractivity contribution in [2.45, 2.75) is 38.8 Å². The van der Waals surface area contributed by atoms with Crippen LogP contribution >= 0.6 is 12.4 Å². The quantitative estimate of drug-likeness (QED) is 0.694. The van der Waals surface area contributed by atoms with Gasteiger partial charge in [0.15, 0.2) is 11.5 Å². The molecule has 0 aliphatic heterocycles. The van der Waals surface area contributed by atoms with Crippen molar-refractivity contribution in [2.24, 2.45) is 11.1 Å². The minimum Gasteiger partial charge on any atom is -0.493 e. The summed E-state index contributed by atoms with van der Waals surface area (Å²) < 4.78 is 16.8. The Morgan fingerprint density at radius 1 is 1.14 bits per heavy atom. The maximum atomic E-state index is 12.8. The van der Waals surface area contributed by atoms with Gasteiger partial charge < -0.3 is 25.3 Å². The van der Waals surface area contributed by atoms with Crippen LogP contribution in [0.2, 0.25) is 0 Å². The van der Waals surface area contributed by atoms with Crippen molar-refractivity contribution in [3.8, 4) is 17.2 Å². The highest BCUT2D eigenvalue weighted by molar-refractivity contribution is 5.99. The monoisotopic (exact) mass is 420 g/mol. The number of hydrogen-bond donors (Lipinski definition) is 2. The molecular weight excluding hydrogens is 392 g/mol. The van der Waals surface area contributed by atoms with Crippen LogP contribution in [-0.4, -0.2) is 31.3 Å². The molecular formula is C22H29ClN2O4. The Kier molecular flexibility index (Phi) is 7.16. The molecule has 1 aliphatic carbocycles. The fraction of sp³-hybridized carbons (Fsp3) is 0.409. The summed E-state index contributed by atoms with van der Waals surface area (Å²) >= 11 is 0. The second-order valence-corrected chi connectivity index (χ2v) is 7.57. The number of carbonyl (C=O) groups is 1. The van der Waals surface area contributed by atoms with Crippen LogP contribution in [0.25, 0.3) is 0 Å². The average Bonchev–Trinajstić information content (AvgIpc) is 2.69. The molecule has 0 heterocycles. The maximum absolute atomic E-state index is 12.8. The molecule has 1 amide bonds. The normalized spacial score (nSPS) is 22.0. The number of amides is 1. The number of benzene rings is 2. The third kappa shape index (κ3) is 4.34. The first-order valence-electron chi connectivity index (χ1n) is 9.44. The molecule has 0 radical (unpaired) electrons. The number of carbonyl (C=O) groups excluding carboxylic acids is 1. The first-order valence-corrected chi connectivity index (χ1v) is 9.44. The minimum absolute atomic E-state index is 0. The Morgan fingerprint density at radius 3 is 2.31 bits per heavy atom. The van der Waals surface area contributed by atoms with E-state index in [0.717, 1.165) is 0 Å². The molecule has 2 atom stereocenters. The largest absolute Gasteiger partial charge is 0.493 e. The smallest absolute Gasteiger partial charge is 0.245 e. The van der Waals surface area contributed by atoms with Crippen molar-refractivity contribution in [1.29, 1.82) is 0 Å². The van der Waals surface area contributed by atoms with Gasteiger partial charge in [0, 0.05) is 24.1 Å². The molecule has 2 unspecified atom stereocenters. The number of nitrogens with one attached hydrogen (secondary N) is 1. The predicted molar refractivity (Wildman–Crippen MR) is 116 cm³/mol. The van der Waals surface area contributed by atoms with E-state index in [9.17, 15) is 4.79 Å². The number of rotatable bonds is 7. The fourth-order valence-corrected chi connectivity index (χ4v) is 3.50. The van der Waals surface area contributed by atoms with Gasteiger partial charge in [-0.1, -0.05) is 26.0 Å². The predicted octanol–water partition coefficient (Wildman–Crippen LogP) is 4.38. The Balaban J connectivity index is 0.00000300. The lowest BCUT2D eigenvalue weighted by Gasteiger charge is -2.57. The van der Waals surface area contributed by atoms with Gasteiger partial charge in [0.2, 0.25) is 5.91 Å². The number of halogens is 1. The van der Waals surface area contributed by atoms with Gasteiger partial charge in [0.25, 0.3) is 0 Å². The van der Waals surface area contributed by atoms with Crippen molar-refractivity contribution < 1.29 is 19.0 Å². The second kappa shape index (κ2) is 9.03. The summed E-state index contributed by atoms with van der Waals surface area (Å²) in [4.78, 5) is 12.8. The van der Waals surface area contributed by atoms with Crippen LogP contribution in [0.5, 0.6) is 17.2 Å². The molecule has 0 spiro atoms. The van der Waals surface area contributed by atoms with Gasteiger partial charge in [0.1, 0.15) is 11.3 Å². The van der Waals surface area contributed by atoms with Crippen molar-refractivity contribution in [3.63, 3.8) is 0 Å². The third-order valence-corrected chi connectivity index (χ3v) is 5.64. The van der Waals surface area contributed by atoms with Crippen LogP contribution in [0, 0.1) is 5.41 Å². The Bertz CT molecular complexity index is 841. The number of hydrogen-bond acceptors (Lipinski definition) is 5. The molecule has 0 aromatic heterocycles. The van der Waals surface area contributed by atoms with E-state index in [0.29, 0.717) is 36.0 Å². The van der Waals surface area contributed by atoms with E-state index < -0.39 is 11.0 Å². The molecule has 7 heteroatoms. The summed E-state index contributed by atoms with van der Waals surface area (Å²) in [6, 6.07) is 14.6. The highest BCUT2D eigenvalue weighted by Crippen LogP contribution is 2.50. The SMILES string of the molecule is CCOC1CC(N)(C(=O)Nc2ccc(Oc3ccccc3OC)cc2)C1(C)C.Cl. The van der Waals surface area contributed by atoms with Crippen LogP contribution in [0.3, 0.4) is 0 Å². The van der Waals surface area contributed by atoms with E-state index in [1.54, 1.807) is 31.4 Å². The summed E-state index contributed by atoms with van der Waals surface area (Å²) in [5.41, 5.74) is 5.70. The van der Waals surface area contributed by atoms with Gasteiger partial charge in [-0.3, -0.25) is 4.79 Å². The molecule has 2 aromatic carbocycles. The lowest BCUT2D eigenvalue weighted by molar-refractivity contribution is -0.166. The third-order valence-electron chi connectivity index (χ3n) is 5.64. The van der Waals surface area contributed by atoms with E-state index in [2.05, 4.69) is 5.32 Å². The summed E-state index contributed by atoms with van der Waals surface area (Å²) in [5.74, 6) is 1.72. The zero-order chi connectivity index (χ0) is 20.4. The van der Waals surface area contributed by atoms with E-state index >= 15 is 0 Å². The first-order chi connectivity index (χ1) is 13.3. The van der Waals surface area contributed by atoms with Crippen LogP contribution in [-0.2, 0) is 9.53 Å². The summed E-state index contributed by atoms with van der Waals surface area (Å²) in [5, 5.41) is 2.92. The zero-order valence-corrected chi connectivity index (χ0v) is 18.0. The van der Waals surface area contributed by atoms with Crippen molar-refractivity contribution in [1.82, 2.24) is 0 Å². The van der Waals surface area contributed by atoms with E-state index in [1.165, 1.54) is 0 Å². The fourth-order valence-electron chi connectivity index (χ4n) is 3.50. The molecule has 3 N–H and O–H groups in total. The number of anilines is 1. The first kappa shape index (κ1) is 23.0. The number of para-hydroxylation sites is 2. The molecule has 29 heavy (non-hydrogen) atoms. The highest BCUT2D eigenvalue weighted by Gasteiger charge is 2.62. The van der Waals surface area contributed by atoms with Crippen LogP contribution < -0.4 is 20.5 Å². The highest BCUT2D eigenvalue weighted by atomic mass is 35.5. The molecule has 1 saturated carbocycles. The Labute approximate surface area is 178 Å². The Hall–Kier alpha value is -2.28. The maximum Gasteiger partial charge on any atom is 0.245 e. The summed E-state index contributed by atoms with van der Waals surface area (Å²) in [6.45, 7) is 6.50. The molecule has 0 saturated heterocycles. The molecule has 3 rings (SSSR count). The summed E-state index contributed by atoms with van der Waals surface area (Å²) in [7, 11) is 1.60. The van der Waals surface area contributed by atoms with Crippen molar-refractivity contribution >= 4 is 24.0 Å². The molecule has 6 nitrogen and oxygen atoms in total. The van der Waals surface area contributed by atoms with E-state index in [4.69, 9.17) is 19.9 Å². The van der Waals surface area contributed by atoms with Crippen LogP contribution in [0.15, 0.2) is 48.5 Å². The molecule has 0 bridgehead atoms. The number of ether oxygens (including phenoxy) is 3. The van der Waals surface area contributed by atoms with Gasteiger partial charge in [0.05, 0.1) is 13.2 Å². The zero-order valence-electron chi connectivity index (χ0n) is 17.2. The van der Waals surface area contributed by atoms with Gasteiger partial charge in [-0.25, -0.2) is 0 Å². The van der Waals surface area contributed by atoms with Crippen LogP contribution in [0.4, 0.5) is 5.69 Å². The standard InChI is InChI=1S/C22H28N2O4.ClH/c1-5-27-19-14-22(23,21(19,2)3)20(25)24-15-10-12-16(13-11-15)28-18-9-7-6-8-17(18)26-4;/h6-13,19H,5,14,23H2,1-4H3,(H,24,25);1H. The van der Waals surface area contributed by atoms with E-state index in [-0.39, 0.29) is 24.4 Å². The van der Waals surface area contributed by atoms with E-state index in [1.807, 2.05) is 45.0 Å².